The zero-order chi connectivity index (χ0) is 21.2. The Balaban J connectivity index is 1.28. The molecule has 5 rings (SSSR count). The fourth-order valence-electron chi connectivity index (χ4n) is 4.03. The molecule has 0 fully saturated rings. The van der Waals surface area contributed by atoms with Crippen LogP contribution < -0.4 is 16.0 Å². The van der Waals surface area contributed by atoms with Gasteiger partial charge in [-0.3, -0.25) is 0 Å². The van der Waals surface area contributed by atoms with E-state index in [2.05, 4.69) is 40.2 Å². The van der Waals surface area contributed by atoms with Crippen molar-refractivity contribution in [1.82, 2.24) is 4.98 Å². The van der Waals surface area contributed by atoms with Gasteiger partial charge in [0.25, 0.3) is 0 Å². The average Bonchev–Trinajstić information content (AvgIpc) is 3.17. The molecule has 4 aromatic rings. The number of carbonyl (C=O) groups excluding carboxylic acids is 1. The number of amides is 2. The third-order valence-corrected chi connectivity index (χ3v) is 5.48. The van der Waals surface area contributed by atoms with Gasteiger partial charge in [-0.25, -0.2) is 14.2 Å². The van der Waals surface area contributed by atoms with E-state index in [1.807, 2.05) is 24.3 Å². The number of nitrogens with one attached hydrogen (secondary N) is 3. The van der Waals surface area contributed by atoms with E-state index in [0.717, 1.165) is 29.6 Å². The molecule has 31 heavy (non-hydrogen) atoms. The number of pyridine rings is 1. The number of halogens is 1. The molecule has 2 amide bonds. The normalized spacial score (nSPS) is 14.8. The molecule has 1 aliphatic carbocycles. The predicted molar refractivity (Wildman–Crippen MR) is 122 cm³/mol. The second kappa shape index (κ2) is 8.07. The van der Waals surface area contributed by atoms with Gasteiger partial charge in [-0.15, -0.1) is 0 Å². The van der Waals surface area contributed by atoms with E-state index in [0.29, 0.717) is 11.4 Å². The lowest BCUT2D eigenvalue weighted by atomic mass is 10.1. The zero-order valence-electron chi connectivity index (χ0n) is 16.7. The van der Waals surface area contributed by atoms with Gasteiger partial charge in [0.05, 0.1) is 11.6 Å². The Bertz CT molecular complexity index is 1270. The second-order valence-corrected chi connectivity index (χ2v) is 7.63. The minimum absolute atomic E-state index is 0.272. The topological polar surface area (TPSA) is 66.0 Å². The number of fused-ring (bicyclic) bond motifs is 2. The van der Waals surface area contributed by atoms with Crippen molar-refractivity contribution in [3.8, 4) is 0 Å². The molecule has 154 valence electrons. The Kier molecular flexibility index (Phi) is 4.96. The van der Waals surface area contributed by atoms with Crippen molar-refractivity contribution in [3.05, 3.63) is 95.8 Å². The lowest BCUT2D eigenvalue weighted by Crippen LogP contribution is -2.19. The van der Waals surface area contributed by atoms with Gasteiger partial charge in [0.15, 0.2) is 0 Å². The summed E-state index contributed by atoms with van der Waals surface area (Å²) >= 11 is 0. The molecule has 0 spiro atoms. The Labute approximate surface area is 179 Å². The lowest BCUT2D eigenvalue weighted by molar-refractivity contribution is 0.262. The van der Waals surface area contributed by atoms with Crippen LogP contribution in [-0.4, -0.2) is 11.0 Å². The van der Waals surface area contributed by atoms with Crippen molar-refractivity contribution in [2.45, 2.75) is 18.9 Å². The van der Waals surface area contributed by atoms with Gasteiger partial charge < -0.3 is 16.0 Å². The Hall–Kier alpha value is -3.93. The number of anilines is 3. The highest BCUT2D eigenvalue weighted by Gasteiger charge is 2.21. The molecule has 0 saturated carbocycles. The molecule has 1 heterocycles. The first kappa shape index (κ1) is 19.1. The van der Waals surface area contributed by atoms with Crippen LogP contribution in [0.4, 0.5) is 26.4 Å². The largest absolute Gasteiger partial charge is 0.363 e. The number of benzene rings is 3. The van der Waals surface area contributed by atoms with Gasteiger partial charge in [-0.05, 0) is 72.5 Å². The predicted octanol–water partition coefficient (Wildman–Crippen LogP) is 6.12. The molecular formula is C25H21FN4O. The summed E-state index contributed by atoms with van der Waals surface area (Å²) in [5.41, 5.74) is 4.60. The molecule has 0 unspecified atom stereocenters. The van der Waals surface area contributed by atoms with Crippen LogP contribution in [0, 0.1) is 5.82 Å². The summed E-state index contributed by atoms with van der Waals surface area (Å²) < 4.78 is 13.3. The smallest absolute Gasteiger partial charge is 0.323 e. The molecule has 1 aliphatic rings. The summed E-state index contributed by atoms with van der Waals surface area (Å²) in [7, 11) is 0. The number of aryl methyl sites for hydroxylation is 1. The highest BCUT2D eigenvalue weighted by molar-refractivity contribution is 6.01. The van der Waals surface area contributed by atoms with E-state index >= 15 is 0 Å². The van der Waals surface area contributed by atoms with E-state index in [4.69, 9.17) is 4.98 Å². The van der Waals surface area contributed by atoms with Crippen LogP contribution >= 0.6 is 0 Å². The Morgan fingerprint density at radius 3 is 2.61 bits per heavy atom. The third-order valence-electron chi connectivity index (χ3n) is 5.48. The van der Waals surface area contributed by atoms with E-state index in [9.17, 15) is 9.18 Å². The van der Waals surface area contributed by atoms with Crippen LogP contribution in [0.15, 0.2) is 78.9 Å². The van der Waals surface area contributed by atoms with Crippen LogP contribution in [0.1, 0.15) is 23.6 Å². The Morgan fingerprint density at radius 2 is 1.74 bits per heavy atom. The van der Waals surface area contributed by atoms with E-state index in [1.54, 1.807) is 18.2 Å². The van der Waals surface area contributed by atoms with Crippen molar-refractivity contribution >= 4 is 34.1 Å². The summed E-state index contributed by atoms with van der Waals surface area (Å²) in [5, 5.41) is 9.86. The van der Waals surface area contributed by atoms with E-state index in [-0.39, 0.29) is 6.04 Å². The second-order valence-electron chi connectivity index (χ2n) is 7.63. The average molecular weight is 412 g/mol. The molecule has 0 radical (unpaired) electrons. The molecule has 3 N–H and O–H groups in total. The fraction of sp³-hybridized carbons (Fsp3) is 0.120. The fourth-order valence-corrected chi connectivity index (χ4v) is 4.03. The summed E-state index contributed by atoms with van der Waals surface area (Å²) in [6.45, 7) is 0. The number of hydrogen-bond acceptors (Lipinski definition) is 3. The van der Waals surface area contributed by atoms with Gasteiger partial charge in [0.2, 0.25) is 0 Å². The highest BCUT2D eigenvalue weighted by atomic mass is 19.1. The molecule has 1 atom stereocenters. The van der Waals surface area contributed by atoms with Crippen LogP contribution in [0.5, 0.6) is 0 Å². The first-order valence-electron chi connectivity index (χ1n) is 10.2. The minimum Gasteiger partial charge on any atom is -0.363 e. The van der Waals surface area contributed by atoms with Crippen LogP contribution in [0.2, 0.25) is 0 Å². The molecule has 0 saturated heterocycles. The Morgan fingerprint density at radius 1 is 0.903 bits per heavy atom. The molecular weight excluding hydrogens is 391 g/mol. The summed E-state index contributed by atoms with van der Waals surface area (Å²) in [6.07, 6.45) is 2.14. The first-order chi connectivity index (χ1) is 15.1. The number of carbonyl (C=O) groups is 1. The number of urea groups is 1. The van der Waals surface area contributed by atoms with Crippen molar-refractivity contribution in [3.63, 3.8) is 0 Å². The molecule has 0 bridgehead atoms. The van der Waals surface area contributed by atoms with E-state index < -0.39 is 11.8 Å². The SMILES string of the molecule is O=C(Nc1cccc(F)c1)Nc1ccc2nc(N[C@@H]3CCc4ccccc43)ccc2c1. The number of hydrogen-bond donors (Lipinski definition) is 3. The third kappa shape index (κ3) is 4.19. The first-order valence-corrected chi connectivity index (χ1v) is 10.2. The quantitative estimate of drug-likeness (QED) is 0.378. The maximum absolute atomic E-state index is 13.3. The number of aromatic nitrogens is 1. The summed E-state index contributed by atoms with van der Waals surface area (Å²) in [5.74, 6) is 0.429. The molecule has 6 heteroatoms. The van der Waals surface area contributed by atoms with Gasteiger partial charge >= 0.3 is 6.03 Å². The van der Waals surface area contributed by atoms with Crippen LogP contribution in [0.25, 0.3) is 10.9 Å². The van der Waals surface area contributed by atoms with Gasteiger partial charge in [-0.2, -0.15) is 0 Å². The molecule has 1 aromatic heterocycles. The zero-order valence-corrected chi connectivity index (χ0v) is 16.7. The van der Waals surface area contributed by atoms with Gasteiger partial charge in [-0.1, -0.05) is 30.3 Å². The highest BCUT2D eigenvalue weighted by Crippen LogP contribution is 2.33. The van der Waals surface area contributed by atoms with Crippen molar-refractivity contribution in [1.29, 1.82) is 0 Å². The van der Waals surface area contributed by atoms with Gasteiger partial charge in [0, 0.05) is 16.8 Å². The maximum Gasteiger partial charge on any atom is 0.323 e. The maximum atomic E-state index is 13.3. The standard InChI is InChI=1S/C25H21FN4O/c26-18-5-3-6-19(15-18)27-25(31)28-20-10-12-22-17(14-20)9-13-24(29-22)30-23-11-8-16-4-1-2-7-21(16)23/h1-7,9-10,12-15,23H,8,11H2,(H,29,30)(H2,27,28,31)/t23-/m1/s1. The van der Waals surface area contributed by atoms with Crippen molar-refractivity contribution < 1.29 is 9.18 Å². The lowest BCUT2D eigenvalue weighted by Gasteiger charge is -2.15. The summed E-state index contributed by atoms with van der Waals surface area (Å²) in [4.78, 5) is 16.9. The number of rotatable bonds is 4. The number of nitrogens with zero attached hydrogens (tertiary/aromatic N) is 1. The molecule has 0 aliphatic heterocycles. The monoisotopic (exact) mass is 412 g/mol. The molecule has 5 nitrogen and oxygen atoms in total. The molecule has 3 aromatic carbocycles. The van der Waals surface area contributed by atoms with Crippen LogP contribution in [0.3, 0.4) is 0 Å². The van der Waals surface area contributed by atoms with Crippen LogP contribution in [-0.2, 0) is 6.42 Å². The van der Waals surface area contributed by atoms with E-state index in [1.165, 1.54) is 23.3 Å². The van der Waals surface area contributed by atoms with Gasteiger partial charge in [0.1, 0.15) is 11.6 Å². The summed E-state index contributed by atoms with van der Waals surface area (Å²) in [6, 6.07) is 23.6. The van der Waals surface area contributed by atoms with Crippen molar-refractivity contribution in [2.24, 2.45) is 0 Å². The minimum atomic E-state index is -0.434. The van der Waals surface area contributed by atoms with Crippen molar-refractivity contribution in [2.75, 3.05) is 16.0 Å².